The summed E-state index contributed by atoms with van der Waals surface area (Å²) in [5.74, 6) is -4.29. The molecule has 1 atom stereocenters. The Bertz CT molecular complexity index is 870. The minimum absolute atomic E-state index is 0.0486. The van der Waals surface area contributed by atoms with Crippen molar-refractivity contribution in [2.24, 2.45) is 0 Å². The smallest absolute Gasteiger partial charge is 0.407 e. The number of nitrogens with one attached hydrogen (secondary N) is 1. The van der Waals surface area contributed by atoms with Crippen molar-refractivity contribution in [1.29, 1.82) is 0 Å². The molecule has 0 aliphatic rings. The third kappa shape index (κ3) is 7.44. The molecule has 1 amide bonds. The molecule has 9 heteroatoms. The Hall–Kier alpha value is -3.10. The molecule has 1 unspecified atom stereocenters. The highest BCUT2D eigenvalue weighted by Crippen LogP contribution is 2.17. The molecule has 0 saturated carbocycles. The SMILES string of the molecule is CC(C)(C)OC(=O)NC(CC(=O)Oc1ccccn1)Cc1cc(F)c(F)cc1F. The Balaban J connectivity index is 2.15. The molecule has 2 rings (SSSR count). The van der Waals surface area contributed by atoms with Gasteiger partial charge in [0.1, 0.15) is 11.4 Å². The van der Waals surface area contributed by atoms with Crippen molar-refractivity contribution in [3.63, 3.8) is 0 Å². The molecule has 0 bridgehead atoms. The van der Waals surface area contributed by atoms with Gasteiger partial charge in [0.05, 0.1) is 6.42 Å². The summed E-state index contributed by atoms with van der Waals surface area (Å²) in [7, 11) is 0. The van der Waals surface area contributed by atoms with Gasteiger partial charge in [-0.2, -0.15) is 0 Å². The number of rotatable bonds is 6. The lowest BCUT2D eigenvalue weighted by atomic mass is 10.0. The molecule has 0 aliphatic heterocycles. The summed E-state index contributed by atoms with van der Waals surface area (Å²) in [5, 5.41) is 2.43. The summed E-state index contributed by atoms with van der Waals surface area (Å²) in [6.07, 6.45) is -0.0973. The molecule has 1 aromatic heterocycles. The minimum atomic E-state index is -1.34. The summed E-state index contributed by atoms with van der Waals surface area (Å²) in [5.41, 5.74) is -1.02. The fourth-order valence-corrected chi connectivity index (χ4v) is 2.40. The third-order valence-electron chi connectivity index (χ3n) is 3.55. The number of amides is 1. The quantitative estimate of drug-likeness (QED) is 0.577. The number of benzene rings is 1. The number of hydrogen-bond acceptors (Lipinski definition) is 5. The number of nitrogens with zero attached hydrogens (tertiary/aromatic N) is 1. The van der Waals surface area contributed by atoms with Crippen molar-refractivity contribution in [1.82, 2.24) is 10.3 Å². The van der Waals surface area contributed by atoms with Gasteiger partial charge >= 0.3 is 12.1 Å². The van der Waals surface area contributed by atoms with Gasteiger partial charge in [0.15, 0.2) is 11.6 Å². The molecular formula is C20H21F3N2O4. The zero-order valence-corrected chi connectivity index (χ0v) is 16.2. The first-order valence-corrected chi connectivity index (χ1v) is 8.78. The van der Waals surface area contributed by atoms with E-state index >= 15 is 0 Å². The van der Waals surface area contributed by atoms with E-state index in [1.165, 1.54) is 12.3 Å². The zero-order valence-electron chi connectivity index (χ0n) is 16.2. The van der Waals surface area contributed by atoms with Crippen LogP contribution in [0, 0.1) is 17.5 Å². The van der Waals surface area contributed by atoms with Crippen molar-refractivity contribution in [3.8, 4) is 5.88 Å². The van der Waals surface area contributed by atoms with E-state index in [1.807, 2.05) is 0 Å². The second kappa shape index (κ2) is 9.40. The number of halogens is 3. The number of carbonyl (C=O) groups is 2. The summed E-state index contributed by atoms with van der Waals surface area (Å²) >= 11 is 0. The lowest BCUT2D eigenvalue weighted by Gasteiger charge is -2.23. The van der Waals surface area contributed by atoms with E-state index in [9.17, 15) is 22.8 Å². The molecule has 0 spiro atoms. The van der Waals surface area contributed by atoms with Gasteiger partial charge in [0, 0.05) is 24.4 Å². The molecule has 0 radical (unpaired) electrons. The largest absolute Gasteiger partial charge is 0.444 e. The first kappa shape index (κ1) is 22.2. The van der Waals surface area contributed by atoms with Gasteiger partial charge in [0.25, 0.3) is 0 Å². The Kier molecular flexibility index (Phi) is 7.19. The van der Waals surface area contributed by atoms with Crippen LogP contribution in [0.3, 0.4) is 0 Å². The summed E-state index contributed by atoms with van der Waals surface area (Å²) < 4.78 is 50.9. The minimum Gasteiger partial charge on any atom is -0.444 e. The van der Waals surface area contributed by atoms with Gasteiger partial charge in [0.2, 0.25) is 5.88 Å². The van der Waals surface area contributed by atoms with Crippen LogP contribution in [0.4, 0.5) is 18.0 Å². The van der Waals surface area contributed by atoms with Gasteiger partial charge in [-0.1, -0.05) is 6.07 Å². The number of alkyl carbamates (subject to hydrolysis) is 1. The van der Waals surface area contributed by atoms with Crippen molar-refractivity contribution in [2.45, 2.75) is 45.3 Å². The summed E-state index contributed by atoms with van der Waals surface area (Å²) in [6, 6.07) is 4.79. The second-order valence-corrected chi connectivity index (χ2v) is 7.25. The van der Waals surface area contributed by atoms with Gasteiger partial charge < -0.3 is 14.8 Å². The lowest BCUT2D eigenvalue weighted by molar-refractivity contribution is -0.135. The van der Waals surface area contributed by atoms with Crippen LogP contribution in [0.15, 0.2) is 36.5 Å². The van der Waals surface area contributed by atoms with E-state index in [4.69, 9.17) is 9.47 Å². The Morgan fingerprint density at radius 2 is 1.79 bits per heavy atom. The van der Waals surface area contributed by atoms with Crippen LogP contribution in [-0.2, 0) is 16.0 Å². The van der Waals surface area contributed by atoms with Gasteiger partial charge in [-0.15, -0.1) is 0 Å². The number of aromatic nitrogens is 1. The van der Waals surface area contributed by atoms with Crippen LogP contribution >= 0.6 is 0 Å². The average molecular weight is 410 g/mol. The standard InChI is InChI=1S/C20H21F3N2O4/c1-20(2,3)29-19(27)25-13(8-12-9-15(22)16(23)11-14(12)21)10-18(26)28-17-6-4-5-7-24-17/h4-7,9,11,13H,8,10H2,1-3H3,(H,25,27). The molecule has 0 saturated heterocycles. The number of esters is 1. The maximum atomic E-state index is 14.0. The van der Waals surface area contributed by atoms with Crippen LogP contribution < -0.4 is 10.1 Å². The molecule has 0 fully saturated rings. The zero-order chi connectivity index (χ0) is 21.6. The molecule has 2 aromatic rings. The van der Waals surface area contributed by atoms with Crippen molar-refractivity contribution >= 4 is 12.1 Å². The lowest BCUT2D eigenvalue weighted by Crippen LogP contribution is -2.42. The van der Waals surface area contributed by atoms with Gasteiger partial charge in [-0.05, 0) is 44.9 Å². The van der Waals surface area contributed by atoms with E-state index < -0.39 is 41.2 Å². The number of pyridine rings is 1. The Morgan fingerprint density at radius 3 is 2.41 bits per heavy atom. The first-order valence-electron chi connectivity index (χ1n) is 8.78. The molecule has 6 nitrogen and oxygen atoms in total. The monoisotopic (exact) mass is 410 g/mol. The fraction of sp³-hybridized carbons (Fsp3) is 0.350. The van der Waals surface area contributed by atoms with E-state index in [0.717, 1.165) is 0 Å². The van der Waals surface area contributed by atoms with E-state index in [0.29, 0.717) is 12.1 Å². The van der Waals surface area contributed by atoms with Crippen LogP contribution in [-0.4, -0.2) is 28.7 Å². The molecule has 0 aliphatic carbocycles. The van der Waals surface area contributed by atoms with Crippen molar-refractivity contribution < 1.29 is 32.2 Å². The van der Waals surface area contributed by atoms with E-state index in [-0.39, 0.29) is 24.3 Å². The van der Waals surface area contributed by atoms with Crippen LogP contribution in [0.25, 0.3) is 0 Å². The van der Waals surface area contributed by atoms with Crippen LogP contribution in [0.1, 0.15) is 32.8 Å². The van der Waals surface area contributed by atoms with Crippen molar-refractivity contribution in [2.75, 3.05) is 0 Å². The maximum Gasteiger partial charge on any atom is 0.407 e. The molecular weight excluding hydrogens is 389 g/mol. The number of carbonyl (C=O) groups excluding carboxylic acids is 2. The average Bonchev–Trinajstić information content (AvgIpc) is 2.58. The van der Waals surface area contributed by atoms with Crippen LogP contribution in [0.5, 0.6) is 5.88 Å². The first-order chi connectivity index (χ1) is 13.5. The molecule has 156 valence electrons. The molecule has 1 aromatic carbocycles. The van der Waals surface area contributed by atoms with Crippen molar-refractivity contribution in [3.05, 3.63) is 59.5 Å². The highest BCUT2D eigenvalue weighted by molar-refractivity contribution is 5.74. The molecule has 29 heavy (non-hydrogen) atoms. The topological polar surface area (TPSA) is 77.5 Å². The van der Waals surface area contributed by atoms with Gasteiger partial charge in [-0.3, -0.25) is 4.79 Å². The maximum absolute atomic E-state index is 14.0. The summed E-state index contributed by atoms with van der Waals surface area (Å²) in [6.45, 7) is 4.93. The van der Waals surface area contributed by atoms with Crippen LogP contribution in [0.2, 0.25) is 0 Å². The fourth-order valence-electron chi connectivity index (χ4n) is 2.40. The predicted molar refractivity (Wildman–Crippen MR) is 97.7 cm³/mol. The normalized spacial score (nSPS) is 12.2. The molecule has 1 heterocycles. The van der Waals surface area contributed by atoms with E-state index in [1.54, 1.807) is 32.9 Å². The predicted octanol–water partition coefficient (Wildman–Crippen LogP) is 3.93. The number of ether oxygens (including phenoxy) is 2. The van der Waals surface area contributed by atoms with E-state index in [2.05, 4.69) is 10.3 Å². The van der Waals surface area contributed by atoms with Gasteiger partial charge in [-0.25, -0.2) is 22.9 Å². The highest BCUT2D eigenvalue weighted by Gasteiger charge is 2.24. The third-order valence-corrected chi connectivity index (χ3v) is 3.55. The Morgan fingerprint density at radius 1 is 1.10 bits per heavy atom. The summed E-state index contributed by atoms with van der Waals surface area (Å²) in [4.78, 5) is 28.1. The second-order valence-electron chi connectivity index (χ2n) is 7.25. The Labute approximate surface area is 166 Å². The molecule has 1 N–H and O–H groups in total. The number of hydrogen-bond donors (Lipinski definition) is 1. The highest BCUT2D eigenvalue weighted by atomic mass is 19.2.